The number of methoxy groups -OCH3 is 1. The Morgan fingerprint density at radius 3 is 2.70 bits per heavy atom. The lowest BCUT2D eigenvalue weighted by Gasteiger charge is -1.98. The summed E-state index contributed by atoms with van der Waals surface area (Å²) in [5, 5.41) is 6.80. The molecule has 0 amide bonds. The molecule has 0 spiro atoms. The second kappa shape index (κ2) is 6.08. The van der Waals surface area contributed by atoms with E-state index in [1.165, 1.54) is 6.21 Å². The van der Waals surface area contributed by atoms with Gasteiger partial charge >= 0.3 is 0 Å². The van der Waals surface area contributed by atoms with Crippen LogP contribution in [0.25, 0.3) is 0 Å². The topological polar surface area (TPSA) is 33.1 Å². The normalized spacial score (nSPS) is 12.0. The van der Waals surface area contributed by atoms with Crippen LogP contribution in [0.4, 0.5) is 0 Å². The van der Waals surface area contributed by atoms with Gasteiger partial charge < -0.3 is 10.1 Å². The van der Waals surface area contributed by atoms with Gasteiger partial charge in [0.05, 0.1) is 7.11 Å². The van der Waals surface area contributed by atoms with Crippen LogP contribution in [0, 0.1) is 5.41 Å². The summed E-state index contributed by atoms with van der Waals surface area (Å²) in [4.78, 5) is 0. The molecule has 56 valence electrons. The first-order valence-electron chi connectivity index (χ1n) is 3.20. The van der Waals surface area contributed by atoms with Gasteiger partial charge in [0.1, 0.15) is 5.76 Å². The van der Waals surface area contributed by atoms with E-state index in [1.807, 2.05) is 25.2 Å². The third-order valence-corrected chi connectivity index (χ3v) is 1.04. The molecule has 0 radical (unpaired) electrons. The molecular weight excluding hydrogens is 126 g/mol. The lowest BCUT2D eigenvalue weighted by atomic mass is 10.3. The van der Waals surface area contributed by atoms with Gasteiger partial charge in [0, 0.05) is 12.6 Å². The molecule has 0 bridgehead atoms. The van der Waals surface area contributed by atoms with Gasteiger partial charge in [-0.3, -0.25) is 0 Å². The zero-order chi connectivity index (χ0) is 7.82. The molecule has 0 aromatic rings. The number of rotatable bonds is 4. The highest BCUT2D eigenvalue weighted by molar-refractivity contribution is 5.56. The molecule has 0 aliphatic heterocycles. The number of hydrogen-bond donors (Lipinski definition) is 1. The van der Waals surface area contributed by atoms with E-state index in [9.17, 15) is 0 Å². The van der Waals surface area contributed by atoms with Gasteiger partial charge in [0.15, 0.2) is 0 Å². The minimum Gasteiger partial charge on any atom is -0.501 e. The van der Waals surface area contributed by atoms with Crippen LogP contribution < -0.4 is 0 Å². The van der Waals surface area contributed by atoms with Crippen LogP contribution in [0.2, 0.25) is 0 Å². The fourth-order valence-corrected chi connectivity index (χ4v) is 0.524. The third-order valence-electron chi connectivity index (χ3n) is 1.04. The standard InChI is InChI=1S/C8H13NO/c1-3-4-5-8(10-2)6-7-9/h3-5,7,9H,6H2,1-2H3/b4-3+,8-5+,9-7?. The van der Waals surface area contributed by atoms with Crippen LogP contribution in [0.5, 0.6) is 0 Å². The van der Waals surface area contributed by atoms with Crippen molar-refractivity contribution in [1.82, 2.24) is 0 Å². The maximum atomic E-state index is 6.80. The first-order valence-corrected chi connectivity index (χ1v) is 3.20. The Kier molecular flexibility index (Phi) is 5.44. The van der Waals surface area contributed by atoms with Gasteiger partial charge in [-0.15, -0.1) is 0 Å². The first-order chi connectivity index (χ1) is 4.85. The van der Waals surface area contributed by atoms with E-state index in [0.29, 0.717) is 6.42 Å². The van der Waals surface area contributed by atoms with Gasteiger partial charge in [0.2, 0.25) is 0 Å². The summed E-state index contributed by atoms with van der Waals surface area (Å²) in [6, 6.07) is 0. The molecule has 10 heavy (non-hydrogen) atoms. The van der Waals surface area contributed by atoms with E-state index in [4.69, 9.17) is 10.1 Å². The maximum Gasteiger partial charge on any atom is 0.101 e. The Labute approximate surface area is 61.7 Å². The highest BCUT2D eigenvalue weighted by Crippen LogP contribution is 1.98. The van der Waals surface area contributed by atoms with Crippen molar-refractivity contribution in [3.63, 3.8) is 0 Å². The van der Waals surface area contributed by atoms with E-state index in [2.05, 4.69) is 0 Å². The highest BCUT2D eigenvalue weighted by atomic mass is 16.5. The summed E-state index contributed by atoms with van der Waals surface area (Å²) >= 11 is 0. The fourth-order valence-electron chi connectivity index (χ4n) is 0.524. The molecule has 0 aromatic heterocycles. The van der Waals surface area contributed by atoms with Crippen molar-refractivity contribution < 1.29 is 4.74 Å². The van der Waals surface area contributed by atoms with Gasteiger partial charge in [-0.1, -0.05) is 12.2 Å². The molecular formula is C8H13NO. The second-order valence-corrected chi connectivity index (χ2v) is 1.77. The smallest absolute Gasteiger partial charge is 0.101 e. The molecule has 0 saturated carbocycles. The molecule has 0 aliphatic carbocycles. The van der Waals surface area contributed by atoms with E-state index in [1.54, 1.807) is 7.11 Å². The number of ether oxygens (including phenoxy) is 1. The lowest BCUT2D eigenvalue weighted by molar-refractivity contribution is 0.288. The van der Waals surface area contributed by atoms with E-state index in [0.717, 1.165) is 5.76 Å². The Hall–Kier alpha value is -1.05. The van der Waals surface area contributed by atoms with Crippen molar-refractivity contribution in [1.29, 1.82) is 5.41 Å². The van der Waals surface area contributed by atoms with Crippen LogP contribution in [0.1, 0.15) is 13.3 Å². The van der Waals surface area contributed by atoms with Crippen molar-refractivity contribution >= 4 is 6.21 Å². The largest absolute Gasteiger partial charge is 0.501 e. The average Bonchev–Trinajstić information content (AvgIpc) is 1.98. The number of nitrogens with one attached hydrogen (secondary N) is 1. The molecule has 0 aliphatic rings. The van der Waals surface area contributed by atoms with Crippen molar-refractivity contribution in [3.05, 3.63) is 24.0 Å². The first kappa shape index (κ1) is 8.95. The molecule has 0 heterocycles. The van der Waals surface area contributed by atoms with Crippen LogP contribution in [0.3, 0.4) is 0 Å². The molecule has 0 fully saturated rings. The predicted molar refractivity (Wildman–Crippen MR) is 43.3 cm³/mol. The average molecular weight is 139 g/mol. The summed E-state index contributed by atoms with van der Waals surface area (Å²) in [6.45, 7) is 1.94. The quantitative estimate of drug-likeness (QED) is 0.361. The SMILES string of the molecule is C/C=C/C=C(\CC=N)OC. The summed E-state index contributed by atoms with van der Waals surface area (Å²) in [5.74, 6) is 0.813. The Bertz CT molecular complexity index is 147. The molecule has 0 rings (SSSR count). The number of allylic oxidation sites excluding steroid dienone is 4. The maximum absolute atomic E-state index is 6.80. The Morgan fingerprint density at radius 2 is 2.30 bits per heavy atom. The van der Waals surface area contributed by atoms with E-state index in [-0.39, 0.29) is 0 Å². The summed E-state index contributed by atoms with van der Waals surface area (Å²) in [6.07, 6.45) is 7.55. The molecule has 2 heteroatoms. The third kappa shape index (κ3) is 3.89. The Balaban J connectivity index is 3.89. The monoisotopic (exact) mass is 139 g/mol. The lowest BCUT2D eigenvalue weighted by Crippen LogP contribution is -1.85. The fraction of sp³-hybridized carbons (Fsp3) is 0.375. The van der Waals surface area contributed by atoms with Crippen molar-refractivity contribution in [2.24, 2.45) is 0 Å². The molecule has 0 aromatic carbocycles. The molecule has 0 saturated heterocycles. The Morgan fingerprint density at radius 1 is 1.60 bits per heavy atom. The summed E-state index contributed by atoms with van der Waals surface area (Å²) < 4.78 is 4.95. The molecule has 2 nitrogen and oxygen atoms in total. The van der Waals surface area contributed by atoms with Gasteiger partial charge in [-0.05, 0) is 13.0 Å². The van der Waals surface area contributed by atoms with Crippen LogP contribution in [-0.4, -0.2) is 13.3 Å². The molecule has 1 N–H and O–H groups in total. The van der Waals surface area contributed by atoms with E-state index >= 15 is 0 Å². The van der Waals surface area contributed by atoms with Crippen molar-refractivity contribution in [2.75, 3.05) is 7.11 Å². The van der Waals surface area contributed by atoms with Crippen LogP contribution in [0.15, 0.2) is 24.0 Å². The van der Waals surface area contributed by atoms with E-state index < -0.39 is 0 Å². The zero-order valence-corrected chi connectivity index (χ0v) is 6.42. The minimum absolute atomic E-state index is 0.570. The van der Waals surface area contributed by atoms with Gasteiger partial charge in [-0.25, -0.2) is 0 Å². The van der Waals surface area contributed by atoms with Crippen LogP contribution >= 0.6 is 0 Å². The molecule has 0 atom stereocenters. The summed E-state index contributed by atoms with van der Waals surface area (Å²) in [5.41, 5.74) is 0. The molecule has 0 unspecified atom stereocenters. The summed E-state index contributed by atoms with van der Waals surface area (Å²) in [7, 11) is 1.61. The highest BCUT2D eigenvalue weighted by Gasteiger charge is 1.87. The van der Waals surface area contributed by atoms with Gasteiger partial charge in [-0.2, -0.15) is 0 Å². The van der Waals surface area contributed by atoms with Crippen molar-refractivity contribution in [2.45, 2.75) is 13.3 Å². The van der Waals surface area contributed by atoms with Gasteiger partial charge in [0.25, 0.3) is 0 Å². The van der Waals surface area contributed by atoms with Crippen molar-refractivity contribution in [3.8, 4) is 0 Å². The van der Waals surface area contributed by atoms with Crippen LogP contribution in [-0.2, 0) is 4.74 Å². The minimum atomic E-state index is 0.570. The zero-order valence-electron chi connectivity index (χ0n) is 6.42. The predicted octanol–water partition coefficient (Wildman–Crippen LogP) is 2.13. The number of hydrogen-bond acceptors (Lipinski definition) is 2. The second-order valence-electron chi connectivity index (χ2n) is 1.77.